The van der Waals surface area contributed by atoms with E-state index < -0.39 is 11.1 Å². The Kier molecular flexibility index (Phi) is 6.69. The molecule has 130 valence electrons. The zero-order valence-electron chi connectivity index (χ0n) is 12.7. The molecule has 0 N–H and O–H groups in total. The van der Waals surface area contributed by atoms with E-state index in [1.807, 2.05) is 22.6 Å². The lowest BCUT2D eigenvalue weighted by atomic mass is 10.1. The smallest absolute Gasteiger partial charge is 0.455 e. The highest BCUT2D eigenvalue weighted by Crippen LogP contribution is 2.19. The standard InChI is InChI=1S/C16H12INO7/c17-10-23-15(19)9-11-1-5-13(6-2-11)24-16(20)25-14-7-3-12(4-8-14)18(21)22/h1-8H,9-10H2. The van der Waals surface area contributed by atoms with Gasteiger partial charge in [0.15, 0.2) is 0 Å². The second-order valence-corrected chi connectivity index (χ2v) is 5.27. The fraction of sp³-hybridized carbons (Fsp3) is 0.125. The number of nitro groups is 1. The van der Waals surface area contributed by atoms with Gasteiger partial charge in [-0.1, -0.05) is 12.1 Å². The SMILES string of the molecule is O=C(Cc1ccc(OC(=O)Oc2ccc([N+](=O)[O-])cc2)cc1)OCI. The summed E-state index contributed by atoms with van der Waals surface area (Å²) in [6.45, 7) is 0. The molecule has 0 aliphatic heterocycles. The number of non-ortho nitro benzene ring substituents is 1. The third-order valence-electron chi connectivity index (χ3n) is 2.94. The third kappa shape index (κ3) is 6.03. The van der Waals surface area contributed by atoms with Gasteiger partial charge in [0, 0.05) is 12.1 Å². The molecular weight excluding hydrogens is 445 g/mol. The van der Waals surface area contributed by atoms with Gasteiger partial charge in [-0.25, -0.2) is 4.79 Å². The van der Waals surface area contributed by atoms with E-state index >= 15 is 0 Å². The summed E-state index contributed by atoms with van der Waals surface area (Å²) in [6, 6.07) is 11.3. The van der Waals surface area contributed by atoms with Crippen molar-refractivity contribution < 1.29 is 28.7 Å². The Balaban J connectivity index is 1.89. The first-order valence-corrected chi connectivity index (χ1v) is 8.45. The Hall–Kier alpha value is -2.69. The van der Waals surface area contributed by atoms with Crippen LogP contribution in [0.3, 0.4) is 0 Å². The number of alkyl halides is 1. The highest BCUT2D eigenvalue weighted by molar-refractivity contribution is 14.1. The number of carbonyl (C=O) groups is 2. The van der Waals surface area contributed by atoms with Crippen molar-refractivity contribution in [1.82, 2.24) is 0 Å². The van der Waals surface area contributed by atoms with Gasteiger partial charge < -0.3 is 14.2 Å². The summed E-state index contributed by atoms with van der Waals surface area (Å²) < 4.78 is 15.0. The number of hydrogen-bond acceptors (Lipinski definition) is 7. The lowest BCUT2D eigenvalue weighted by Crippen LogP contribution is -2.13. The number of benzene rings is 2. The molecule has 0 aliphatic carbocycles. The lowest BCUT2D eigenvalue weighted by Gasteiger charge is -2.06. The number of esters is 1. The van der Waals surface area contributed by atoms with Gasteiger partial charge >= 0.3 is 12.1 Å². The summed E-state index contributed by atoms with van der Waals surface area (Å²) in [5.74, 6) is 0.00679. The van der Waals surface area contributed by atoms with E-state index in [2.05, 4.69) is 0 Å². The molecule has 2 aromatic rings. The minimum Gasteiger partial charge on any atom is -0.455 e. The maximum absolute atomic E-state index is 11.7. The van der Waals surface area contributed by atoms with Crippen LogP contribution in [-0.2, 0) is 16.0 Å². The molecule has 2 rings (SSSR count). The number of ether oxygens (including phenoxy) is 3. The van der Waals surface area contributed by atoms with E-state index in [0.717, 1.165) is 0 Å². The molecule has 0 saturated carbocycles. The molecule has 0 amide bonds. The quantitative estimate of drug-likeness (QED) is 0.163. The van der Waals surface area contributed by atoms with Crippen LogP contribution in [0.2, 0.25) is 0 Å². The molecule has 0 aliphatic rings. The average molecular weight is 457 g/mol. The van der Waals surface area contributed by atoms with Crippen LogP contribution >= 0.6 is 22.6 Å². The van der Waals surface area contributed by atoms with E-state index in [1.54, 1.807) is 12.1 Å². The second-order valence-electron chi connectivity index (χ2n) is 4.65. The number of halogens is 1. The van der Waals surface area contributed by atoms with Crippen LogP contribution in [-0.4, -0.2) is 21.7 Å². The molecule has 0 saturated heterocycles. The molecule has 25 heavy (non-hydrogen) atoms. The van der Waals surface area contributed by atoms with Gasteiger partial charge in [-0.05, 0) is 52.4 Å². The predicted octanol–water partition coefficient (Wildman–Crippen LogP) is 3.65. The first kappa shape index (κ1) is 18.6. The summed E-state index contributed by atoms with van der Waals surface area (Å²) in [5, 5.41) is 10.6. The zero-order valence-corrected chi connectivity index (χ0v) is 14.9. The van der Waals surface area contributed by atoms with Crippen LogP contribution in [0.5, 0.6) is 11.5 Å². The maximum Gasteiger partial charge on any atom is 0.519 e. The van der Waals surface area contributed by atoms with Gasteiger partial charge in [0.05, 0.1) is 11.3 Å². The molecule has 0 spiro atoms. The number of hydrogen-bond donors (Lipinski definition) is 0. The summed E-state index contributed by atoms with van der Waals surface area (Å²) >= 11 is 1.93. The van der Waals surface area contributed by atoms with Crippen LogP contribution in [0.1, 0.15) is 5.56 Å². The lowest BCUT2D eigenvalue weighted by molar-refractivity contribution is -0.384. The third-order valence-corrected chi connectivity index (χ3v) is 3.25. The Labute approximate surface area is 156 Å². The number of nitrogens with zero attached hydrogens (tertiary/aromatic N) is 1. The zero-order chi connectivity index (χ0) is 18.2. The largest absolute Gasteiger partial charge is 0.519 e. The molecule has 8 nitrogen and oxygen atoms in total. The first-order chi connectivity index (χ1) is 12.0. The van der Waals surface area contributed by atoms with Crippen molar-refractivity contribution >= 4 is 40.4 Å². The molecule has 0 radical (unpaired) electrons. The average Bonchev–Trinajstić information content (AvgIpc) is 2.57. The molecule has 0 bridgehead atoms. The van der Waals surface area contributed by atoms with Crippen molar-refractivity contribution in [2.45, 2.75) is 6.42 Å². The van der Waals surface area contributed by atoms with Crippen molar-refractivity contribution in [3.05, 3.63) is 64.2 Å². The van der Waals surface area contributed by atoms with Gasteiger partial charge in [0.1, 0.15) is 16.1 Å². The van der Waals surface area contributed by atoms with E-state index in [4.69, 9.17) is 14.2 Å². The molecule has 9 heteroatoms. The van der Waals surface area contributed by atoms with Gasteiger partial charge in [-0.3, -0.25) is 14.9 Å². The number of carbonyl (C=O) groups excluding carboxylic acids is 2. The number of rotatable bonds is 6. The van der Waals surface area contributed by atoms with Crippen LogP contribution in [0.4, 0.5) is 10.5 Å². The van der Waals surface area contributed by atoms with Crippen LogP contribution in [0.15, 0.2) is 48.5 Å². The Bertz CT molecular complexity index is 759. The molecule has 0 unspecified atom stereocenters. The Morgan fingerprint density at radius 1 is 0.960 bits per heavy atom. The van der Waals surface area contributed by atoms with E-state index in [0.29, 0.717) is 5.56 Å². The molecule has 2 aromatic carbocycles. The van der Waals surface area contributed by atoms with Crippen molar-refractivity contribution in [1.29, 1.82) is 0 Å². The van der Waals surface area contributed by atoms with Gasteiger partial charge in [0.25, 0.3) is 5.69 Å². The maximum atomic E-state index is 11.7. The van der Waals surface area contributed by atoms with Gasteiger partial charge in [-0.2, -0.15) is 0 Å². The minimum atomic E-state index is -0.981. The van der Waals surface area contributed by atoms with E-state index in [9.17, 15) is 19.7 Å². The summed E-state index contributed by atoms with van der Waals surface area (Å²) in [6.07, 6.45) is -0.859. The molecular formula is C16H12INO7. The van der Waals surface area contributed by atoms with Crippen LogP contribution < -0.4 is 9.47 Å². The minimum absolute atomic E-state index is 0.114. The highest BCUT2D eigenvalue weighted by Gasteiger charge is 2.11. The molecule has 0 aromatic heterocycles. The molecule has 0 atom stereocenters. The molecule has 0 heterocycles. The Morgan fingerprint density at radius 2 is 1.48 bits per heavy atom. The van der Waals surface area contributed by atoms with Gasteiger partial charge in [0.2, 0.25) is 0 Å². The summed E-state index contributed by atoms with van der Waals surface area (Å²) in [4.78, 5) is 33.1. The van der Waals surface area contributed by atoms with Gasteiger partial charge in [-0.15, -0.1) is 0 Å². The normalized spacial score (nSPS) is 9.96. The second kappa shape index (κ2) is 8.97. The fourth-order valence-electron chi connectivity index (χ4n) is 1.80. The highest BCUT2D eigenvalue weighted by atomic mass is 127. The van der Waals surface area contributed by atoms with Crippen LogP contribution in [0, 0.1) is 10.1 Å². The summed E-state index contributed by atoms with van der Waals surface area (Å²) in [5.41, 5.74) is 0.600. The van der Waals surface area contributed by atoms with Crippen molar-refractivity contribution in [2.24, 2.45) is 0 Å². The van der Waals surface area contributed by atoms with Crippen LogP contribution in [0.25, 0.3) is 0 Å². The predicted molar refractivity (Wildman–Crippen MR) is 94.9 cm³/mol. The molecule has 0 fully saturated rings. The van der Waals surface area contributed by atoms with E-state index in [1.165, 1.54) is 36.4 Å². The number of nitro benzene ring substituents is 1. The van der Waals surface area contributed by atoms with E-state index in [-0.39, 0.29) is 34.2 Å². The van der Waals surface area contributed by atoms with Crippen molar-refractivity contribution in [2.75, 3.05) is 4.61 Å². The first-order valence-electron chi connectivity index (χ1n) is 6.92. The fourth-order valence-corrected chi connectivity index (χ4v) is 2.15. The summed E-state index contributed by atoms with van der Waals surface area (Å²) in [7, 11) is 0. The Morgan fingerprint density at radius 3 is 1.96 bits per heavy atom. The monoisotopic (exact) mass is 457 g/mol. The van der Waals surface area contributed by atoms with Crippen molar-refractivity contribution in [3.63, 3.8) is 0 Å². The van der Waals surface area contributed by atoms with Crippen molar-refractivity contribution in [3.8, 4) is 11.5 Å². The topological polar surface area (TPSA) is 105 Å².